The Morgan fingerprint density at radius 3 is 2.34 bits per heavy atom. The maximum absolute atomic E-state index is 13.6. The molecule has 4 rings (SSSR count). The number of amides is 2. The fraction of sp³-hybridized carbons (Fsp3) is 0.484. The number of nitrogens with zero attached hydrogens (tertiary/aromatic N) is 2. The van der Waals surface area contributed by atoms with E-state index in [-0.39, 0.29) is 24.4 Å². The lowest BCUT2D eigenvalue weighted by molar-refractivity contribution is -0.118. The zero-order chi connectivity index (χ0) is 27.4. The SMILES string of the molecule is CC1=C(CNC(=O)c2cc(-c3ccc(CN(C)C)cc3)cc(N(C)C3CCNCC3)c2C)C(=O)NC(C)C1. The Balaban J connectivity index is 1.66. The first kappa shape index (κ1) is 27.9. The van der Waals surface area contributed by atoms with Crippen LogP contribution in [0.15, 0.2) is 47.5 Å². The van der Waals surface area contributed by atoms with E-state index in [4.69, 9.17) is 0 Å². The summed E-state index contributed by atoms with van der Waals surface area (Å²) in [5.74, 6) is -0.239. The summed E-state index contributed by atoms with van der Waals surface area (Å²) in [5.41, 5.74) is 7.75. The third-order valence-corrected chi connectivity index (χ3v) is 7.85. The molecule has 2 aromatic rings. The molecular weight excluding hydrogens is 474 g/mol. The normalized spacial score (nSPS) is 18.5. The van der Waals surface area contributed by atoms with Gasteiger partial charge in [0, 0.05) is 49.0 Å². The summed E-state index contributed by atoms with van der Waals surface area (Å²) in [4.78, 5) is 30.6. The number of rotatable bonds is 8. The van der Waals surface area contributed by atoms with Crippen LogP contribution >= 0.6 is 0 Å². The number of nitrogens with one attached hydrogen (secondary N) is 3. The Morgan fingerprint density at radius 2 is 1.71 bits per heavy atom. The van der Waals surface area contributed by atoms with Crippen molar-refractivity contribution in [1.82, 2.24) is 20.9 Å². The molecular formula is C31H43N5O2. The molecule has 204 valence electrons. The summed E-state index contributed by atoms with van der Waals surface area (Å²) in [6.45, 7) is 9.13. The zero-order valence-electron chi connectivity index (χ0n) is 23.8. The van der Waals surface area contributed by atoms with Gasteiger partial charge in [0.05, 0.1) is 0 Å². The van der Waals surface area contributed by atoms with Gasteiger partial charge in [0.25, 0.3) is 5.91 Å². The van der Waals surface area contributed by atoms with Gasteiger partial charge >= 0.3 is 0 Å². The quantitative estimate of drug-likeness (QED) is 0.496. The van der Waals surface area contributed by atoms with Crippen LogP contribution in [0.2, 0.25) is 0 Å². The molecule has 0 radical (unpaired) electrons. The molecule has 1 fully saturated rings. The molecule has 38 heavy (non-hydrogen) atoms. The van der Waals surface area contributed by atoms with Crippen LogP contribution in [0.5, 0.6) is 0 Å². The van der Waals surface area contributed by atoms with Gasteiger partial charge in [-0.3, -0.25) is 9.59 Å². The Morgan fingerprint density at radius 1 is 1.03 bits per heavy atom. The summed E-state index contributed by atoms with van der Waals surface area (Å²) in [7, 11) is 6.28. The van der Waals surface area contributed by atoms with Gasteiger partial charge in [-0.25, -0.2) is 0 Å². The fourth-order valence-electron chi connectivity index (χ4n) is 5.66. The van der Waals surface area contributed by atoms with Gasteiger partial charge in [0.1, 0.15) is 0 Å². The standard InChI is InChI=1S/C31H43N5O2/c1-20-15-21(2)34-31(38)28(20)18-33-30(37)27-16-25(24-9-7-23(8-10-24)19-35(4)5)17-29(22(27)3)36(6)26-11-13-32-14-12-26/h7-10,16-17,21,26,32H,11-15,18-19H2,1-6H3,(H,33,37)(H,34,38). The number of carbonyl (C=O) groups excluding carboxylic acids is 2. The topological polar surface area (TPSA) is 76.7 Å². The molecule has 2 aromatic carbocycles. The molecule has 3 N–H and O–H groups in total. The third kappa shape index (κ3) is 6.45. The molecule has 7 nitrogen and oxygen atoms in total. The van der Waals surface area contributed by atoms with Gasteiger partial charge in [0.15, 0.2) is 0 Å². The number of carbonyl (C=O) groups is 2. The van der Waals surface area contributed by atoms with Gasteiger partial charge in [-0.05, 0) is 102 Å². The van der Waals surface area contributed by atoms with E-state index in [0.717, 1.165) is 66.8 Å². The van der Waals surface area contributed by atoms with Crippen molar-refractivity contribution in [1.29, 1.82) is 0 Å². The van der Waals surface area contributed by atoms with Gasteiger partial charge in [0.2, 0.25) is 5.91 Å². The van der Waals surface area contributed by atoms with Gasteiger partial charge < -0.3 is 25.8 Å². The van der Waals surface area contributed by atoms with Crippen molar-refractivity contribution in [2.24, 2.45) is 0 Å². The summed E-state index contributed by atoms with van der Waals surface area (Å²) < 4.78 is 0. The highest BCUT2D eigenvalue weighted by Gasteiger charge is 2.25. The van der Waals surface area contributed by atoms with Gasteiger partial charge in [-0.1, -0.05) is 29.8 Å². The molecule has 1 saturated heterocycles. The molecule has 0 bridgehead atoms. The molecule has 2 aliphatic heterocycles. The summed E-state index contributed by atoms with van der Waals surface area (Å²) >= 11 is 0. The molecule has 0 spiro atoms. The molecule has 2 aliphatic rings. The van der Waals surface area contributed by atoms with E-state index in [0.29, 0.717) is 17.2 Å². The second kappa shape index (κ2) is 12.1. The molecule has 0 aromatic heterocycles. The first-order valence-electron chi connectivity index (χ1n) is 13.7. The van der Waals surface area contributed by atoms with Gasteiger partial charge in [-0.15, -0.1) is 0 Å². The largest absolute Gasteiger partial charge is 0.371 e. The van der Waals surface area contributed by atoms with E-state index in [1.807, 2.05) is 26.8 Å². The van der Waals surface area contributed by atoms with Crippen molar-refractivity contribution in [3.05, 3.63) is 64.2 Å². The molecule has 1 unspecified atom stereocenters. The van der Waals surface area contributed by atoms with Crippen molar-refractivity contribution < 1.29 is 9.59 Å². The summed E-state index contributed by atoms with van der Waals surface area (Å²) in [6.07, 6.45) is 2.95. The molecule has 2 heterocycles. The lowest BCUT2D eigenvalue weighted by Crippen LogP contribution is -2.42. The van der Waals surface area contributed by atoms with Crippen LogP contribution in [0.3, 0.4) is 0 Å². The fourth-order valence-corrected chi connectivity index (χ4v) is 5.66. The van der Waals surface area contributed by atoms with Crippen LogP contribution in [0.4, 0.5) is 5.69 Å². The van der Waals surface area contributed by atoms with Crippen LogP contribution in [0.25, 0.3) is 11.1 Å². The number of hydrogen-bond donors (Lipinski definition) is 3. The second-order valence-corrected chi connectivity index (χ2v) is 11.2. The molecule has 7 heteroatoms. The maximum Gasteiger partial charge on any atom is 0.251 e. The molecule has 0 saturated carbocycles. The Hall–Kier alpha value is -3.16. The first-order chi connectivity index (χ1) is 18.1. The Labute approximate surface area is 227 Å². The lowest BCUT2D eigenvalue weighted by atomic mass is 9.94. The average Bonchev–Trinajstić information content (AvgIpc) is 2.88. The molecule has 2 amide bonds. The predicted octanol–water partition coefficient (Wildman–Crippen LogP) is 3.87. The van der Waals surface area contributed by atoms with E-state index in [9.17, 15) is 9.59 Å². The van der Waals surface area contributed by atoms with Crippen molar-refractivity contribution in [2.75, 3.05) is 45.7 Å². The Bertz CT molecular complexity index is 1200. The van der Waals surface area contributed by atoms with E-state index >= 15 is 0 Å². The first-order valence-corrected chi connectivity index (χ1v) is 13.7. The highest BCUT2D eigenvalue weighted by molar-refractivity contribution is 6.01. The van der Waals surface area contributed by atoms with Crippen LogP contribution in [0, 0.1) is 6.92 Å². The average molecular weight is 518 g/mol. The Kier molecular flexibility index (Phi) is 8.90. The van der Waals surface area contributed by atoms with E-state index in [1.165, 1.54) is 5.56 Å². The summed E-state index contributed by atoms with van der Waals surface area (Å²) in [5, 5.41) is 9.48. The van der Waals surface area contributed by atoms with Crippen molar-refractivity contribution in [3.8, 4) is 11.1 Å². The monoisotopic (exact) mass is 517 g/mol. The summed E-state index contributed by atoms with van der Waals surface area (Å²) in [6, 6.07) is 13.4. The minimum Gasteiger partial charge on any atom is -0.371 e. The highest BCUT2D eigenvalue weighted by atomic mass is 16.2. The van der Waals surface area contributed by atoms with E-state index in [1.54, 1.807) is 0 Å². The zero-order valence-corrected chi connectivity index (χ0v) is 23.8. The maximum atomic E-state index is 13.6. The van der Waals surface area contributed by atoms with E-state index < -0.39 is 0 Å². The van der Waals surface area contributed by atoms with Crippen LogP contribution in [-0.4, -0.2) is 69.6 Å². The van der Waals surface area contributed by atoms with Gasteiger partial charge in [-0.2, -0.15) is 0 Å². The van der Waals surface area contributed by atoms with Crippen LogP contribution < -0.4 is 20.9 Å². The van der Waals surface area contributed by atoms with Crippen molar-refractivity contribution in [3.63, 3.8) is 0 Å². The number of hydrogen-bond acceptors (Lipinski definition) is 5. The molecule has 0 aliphatic carbocycles. The number of anilines is 1. The molecule has 1 atom stereocenters. The minimum absolute atomic E-state index is 0.0869. The van der Waals surface area contributed by atoms with Crippen molar-refractivity contribution >= 4 is 17.5 Å². The third-order valence-electron chi connectivity index (χ3n) is 7.85. The number of piperidine rings is 1. The smallest absolute Gasteiger partial charge is 0.251 e. The lowest BCUT2D eigenvalue weighted by Gasteiger charge is -2.35. The van der Waals surface area contributed by atoms with Crippen LogP contribution in [-0.2, 0) is 11.3 Å². The highest BCUT2D eigenvalue weighted by Crippen LogP contribution is 2.33. The minimum atomic E-state index is -0.153. The van der Waals surface area contributed by atoms with E-state index in [2.05, 4.69) is 77.2 Å². The van der Waals surface area contributed by atoms with Crippen LogP contribution in [0.1, 0.15) is 54.6 Å². The van der Waals surface area contributed by atoms with Crippen molar-refractivity contribution in [2.45, 2.75) is 58.7 Å². The predicted molar refractivity (Wildman–Crippen MR) is 156 cm³/mol. The second-order valence-electron chi connectivity index (χ2n) is 11.2. The number of benzene rings is 2.